The van der Waals surface area contributed by atoms with Gasteiger partial charge in [-0.05, 0) is 44.1 Å². The Hall–Kier alpha value is -1.35. The van der Waals surface area contributed by atoms with Gasteiger partial charge in [0.2, 0.25) is 5.91 Å². The highest BCUT2D eigenvalue weighted by molar-refractivity contribution is 5.86. The van der Waals surface area contributed by atoms with Gasteiger partial charge >= 0.3 is 0 Å². The largest absolute Gasteiger partial charge is 0.323 e. The second-order valence-electron chi connectivity index (χ2n) is 6.51. The fourth-order valence-corrected chi connectivity index (χ4v) is 3.94. The second kappa shape index (κ2) is 6.18. The number of hydrogen-bond donors (Lipinski definition) is 1. The van der Waals surface area contributed by atoms with Crippen LogP contribution in [0.3, 0.4) is 0 Å². The molecule has 114 valence electrons. The van der Waals surface area contributed by atoms with Crippen LogP contribution in [0.2, 0.25) is 0 Å². The first-order valence-electron chi connectivity index (χ1n) is 8.34. The van der Waals surface area contributed by atoms with Crippen LogP contribution < -0.4 is 5.32 Å². The minimum atomic E-state index is -0.162. The molecule has 2 fully saturated rings. The third-order valence-corrected chi connectivity index (χ3v) is 5.25. The maximum absolute atomic E-state index is 12.8. The molecule has 1 aromatic carbocycles. The summed E-state index contributed by atoms with van der Waals surface area (Å²) in [5.41, 5.74) is 1.08. The van der Waals surface area contributed by atoms with Gasteiger partial charge in [-0.15, -0.1) is 0 Å². The number of rotatable bonds is 3. The van der Waals surface area contributed by atoms with Gasteiger partial charge in [0.05, 0.1) is 6.17 Å². The van der Waals surface area contributed by atoms with Crippen molar-refractivity contribution in [2.24, 2.45) is 5.92 Å². The number of nitrogens with one attached hydrogen (secondary N) is 1. The van der Waals surface area contributed by atoms with Crippen molar-refractivity contribution in [3.8, 4) is 0 Å². The minimum absolute atomic E-state index is 0.144. The molecule has 21 heavy (non-hydrogen) atoms. The van der Waals surface area contributed by atoms with Crippen LogP contribution in [0.5, 0.6) is 0 Å². The van der Waals surface area contributed by atoms with E-state index in [-0.39, 0.29) is 18.1 Å². The summed E-state index contributed by atoms with van der Waals surface area (Å²) >= 11 is 0. The SMILES string of the molecule is CCC1CCC(N2C(=O)C(c3ccccc3)NC2C)CC1. The highest BCUT2D eigenvalue weighted by Crippen LogP contribution is 2.34. The summed E-state index contributed by atoms with van der Waals surface area (Å²) in [7, 11) is 0. The highest BCUT2D eigenvalue weighted by Gasteiger charge is 2.41. The Morgan fingerprint density at radius 2 is 1.81 bits per heavy atom. The summed E-state index contributed by atoms with van der Waals surface area (Å²) in [6.45, 7) is 4.40. The Kier molecular flexibility index (Phi) is 4.29. The van der Waals surface area contributed by atoms with Crippen molar-refractivity contribution in [2.45, 2.75) is 64.2 Å². The molecule has 1 aromatic rings. The van der Waals surface area contributed by atoms with E-state index in [1.54, 1.807) is 0 Å². The number of amides is 1. The number of nitrogens with zero attached hydrogens (tertiary/aromatic N) is 1. The van der Waals surface area contributed by atoms with E-state index in [4.69, 9.17) is 0 Å². The predicted octanol–water partition coefficient (Wildman–Crippen LogP) is 3.47. The van der Waals surface area contributed by atoms with Gasteiger partial charge in [0, 0.05) is 6.04 Å². The topological polar surface area (TPSA) is 32.3 Å². The molecular formula is C18H26N2O. The van der Waals surface area contributed by atoms with E-state index in [1.165, 1.54) is 19.3 Å². The van der Waals surface area contributed by atoms with E-state index in [0.29, 0.717) is 6.04 Å². The van der Waals surface area contributed by atoms with Crippen LogP contribution in [0.4, 0.5) is 0 Å². The fourth-order valence-electron chi connectivity index (χ4n) is 3.94. The Morgan fingerprint density at radius 3 is 2.43 bits per heavy atom. The third kappa shape index (κ3) is 2.84. The van der Waals surface area contributed by atoms with Gasteiger partial charge in [0.1, 0.15) is 6.04 Å². The summed E-state index contributed by atoms with van der Waals surface area (Å²) < 4.78 is 0. The first-order valence-corrected chi connectivity index (χ1v) is 8.34. The van der Waals surface area contributed by atoms with Gasteiger partial charge in [0.15, 0.2) is 0 Å². The Morgan fingerprint density at radius 1 is 1.14 bits per heavy atom. The van der Waals surface area contributed by atoms with Crippen molar-refractivity contribution >= 4 is 5.91 Å². The van der Waals surface area contributed by atoms with Crippen LogP contribution in [0, 0.1) is 5.92 Å². The lowest BCUT2D eigenvalue weighted by Crippen LogP contribution is -2.44. The molecule has 2 atom stereocenters. The van der Waals surface area contributed by atoms with Crippen LogP contribution >= 0.6 is 0 Å². The second-order valence-corrected chi connectivity index (χ2v) is 6.51. The molecule has 1 saturated carbocycles. The summed E-state index contributed by atoms with van der Waals surface area (Å²) in [5.74, 6) is 1.13. The zero-order valence-corrected chi connectivity index (χ0v) is 13.1. The molecule has 3 heteroatoms. The van der Waals surface area contributed by atoms with Crippen molar-refractivity contribution in [3.05, 3.63) is 35.9 Å². The quantitative estimate of drug-likeness (QED) is 0.922. The van der Waals surface area contributed by atoms with Gasteiger partial charge in [-0.3, -0.25) is 10.1 Å². The molecule has 3 nitrogen and oxygen atoms in total. The Balaban J connectivity index is 1.71. The van der Waals surface area contributed by atoms with E-state index in [0.717, 1.165) is 24.3 Å². The maximum Gasteiger partial charge on any atom is 0.245 e. The van der Waals surface area contributed by atoms with Gasteiger partial charge in [-0.1, -0.05) is 43.7 Å². The van der Waals surface area contributed by atoms with Crippen LogP contribution in [0.1, 0.15) is 57.6 Å². The van der Waals surface area contributed by atoms with Crippen molar-refractivity contribution in [1.29, 1.82) is 0 Å². The van der Waals surface area contributed by atoms with E-state index in [1.807, 2.05) is 30.3 Å². The third-order valence-electron chi connectivity index (χ3n) is 5.25. The lowest BCUT2D eigenvalue weighted by atomic mass is 9.84. The van der Waals surface area contributed by atoms with E-state index in [9.17, 15) is 4.79 Å². The molecule has 2 aliphatic rings. The molecule has 1 heterocycles. The van der Waals surface area contributed by atoms with E-state index in [2.05, 4.69) is 24.1 Å². The molecule has 0 spiro atoms. The first-order chi connectivity index (χ1) is 10.2. The molecule has 0 aromatic heterocycles. The summed E-state index contributed by atoms with van der Waals surface area (Å²) in [5, 5.41) is 3.47. The van der Waals surface area contributed by atoms with Gasteiger partial charge in [-0.2, -0.15) is 0 Å². The van der Waals surface area contributed by atoms with Crippen molar-refractivity contribution in [3.63, 3.8) is 0 Å². The van der Waals surface area contributed by atoms with Crippen molar-refractivity contribution < 1.29 is 4.79 Å². The van der Waals surface area contributed by atoms with Gasteiger partial charge < -0.3 is 4.90 Å². The molecule has 1 saturated heterocycles. The summed E-state index contributed by atoms with van der Waals surface area (Å²) in [6, 6.07) is 10.4. The average molecular weight is 286 g/mol. The van der Waals surface area contributed by atoms with Crippen LogP contribution in [-0.4, -0.2) is 23.0 Å². The molecule has 0 bridgehead atoms. The molecule has 2 unspecified atom stereocenters. The zero-order valence-electron chi connectivity index (χ0n) is 13.1. The smallest absolute Gasteiger partial charge is 0.245 e. The van der Waals surface area contributed by atoms with Crippen molar-refractivity contribution in [2.75, 3.05) is 0 Å². The lowest BCUT2D eigenvalue weighted by molar-refractivity contribution is -0.133. The molecule has 1 aliphatic carbocycles. The van der Waals surface area contributed by atoms with Crippen LogP contribution in [-0.2, 0) is 4.79 Å². The Labute approximate surface area is 127 Å². The number of hydrogen-bond acceptors (Lipinski definition) is 2. The minimum Gasteiger partial charge on any atom is -0.323 e. The highest BCUT2D eigenvalue weighted by atomic mass is 16.2. The number of benzene rings is 1. The zero-order chi connectivity index (χ0) is 14.8. The van der Waals surface area contributed by atoms with Crippen molar-refractivity contribution in [1.82, 2.24) is 10.2 Å². The van der Waals surface area contributed by atoms with Gasteiger partial charge in [0.25, 0.3) is 0 Å². The summed E-state index contributed by atoms with van der Waals surface area (Å²) in [6.07, 6.45) is 6.30. The lowest BCUT2D eigenvalue weighted by Gasteiger charge is -2.36. The monoisotopic (exact) mass is 286 g/mol. The Bertz CT molecular complexity index is 479. The van der Waals surface area contributed by atoms with Crippen LogP contribution in [0.25, 0.3) is 0 Å². The van der Waals surface area contributed by atoms with Gasteiger partial charge in [-0.25, -0.2) is 0 Å². The molecule has 1 N–H and O–H groups in total. The molecule has 3 rings (SSSR count). The molecule has 1 amide bonds. The molecule has 1 aliphatic heterocycles. The number of carbonyl (C=O) groups is 1. The molecular weight excluding hydrogens is 260 g/mol. The summed E-state index contributed by atoms with van der Waals surface area (Å²) in [4.78, 5) is 14.9. The van der Waals surface area contributed by atoms with E-state index >= 15 is 0 Å². The molecule has 0 radical (unpaired) electrons. The predicted molar refractivity (Wildman–Crippen MR) is 84.7 cm³/mol. The van der Waals surface area contributed by atoms with Crippen LogP contribution in [0.15, 0.2) is 30.3 Å². The van der Waals surface area contributed by atoms with E-state index < -0.39 is 0 Å². The normalized spacial score (nSPS) is 33.4. The maximum atomic E-state index is 12.8. The standard InChI is InChI=1S/C18H26N2O/c1-3-14-9-11-16(12-10-14)20-13(2)19-17(18(20)21)15-7-5-4-6-8-15/h4-8,13-14,16-17,19H,3,9-12H2,1-2H3. The fraction of sp³-hybridized carbons (Fsp3) is 0.611. The average Bonchev–Trinajstić information content (AvgIpc) is 2.83. The number of carbonyl (C=O) groups excluding carboxylic acids is 1. The first kappa shape index (κ1) is 14.6.